The van der Waals surface area contributed by atoms with E-state index in [0.29, 0.717) is 5.11 Å². The van der Waals surface area contributed by atoms with E-state index in [1.807, 2.05) is 24.1 Å². The number of thiocarbonyl (C=S) groups is 1. The molecule has 106 valence electrons. The number of aryl methyl sites for hydroxylation is 2. The largest absolute Gasteiger partial charge is 0.347 e. The molecular weight excluding hydrogens is 308 g/mol. The number of nitrogens with zero attached hydrogens (tertiary/aromatic N) is 1. The van der Waals surface area contributed by atoms with Crippen LogP contribution in [-0.2, 0) is 6.54 Å². The Hall–Kier alpha value is -1.10. The lowest BCUT2D eigenvalue weighted by molar-refractivity contribution is 0.514. The molecule has 0 bridgehead atoms. The molecule has 5 heteroatoms. The van der Waals surface area contributed by atoms with E-state index in [1.165, 1.54) is 16.0 Å². The van der Waals surface area contributed by atoms with Crippen molar-refractivity contribution in [3.05, 3.63) is 50.7 Å². The zero-order valence-corrected chi connectivity index (χ0v) is 14.1. The van der Waals surface area contributed by atoms with Crippen molar-refractivity contribution in [3.63, 3.8) is 0 Å². The second-order valence-electron chi connectivity index (χ2n) is 4.87. The highest BCUT2D eigenvalue weighted by Crippen LogP contribution is 2.22. The van der Waals surface area contributed by atoms with Gasteiger partial charge in [-0.2, -0.15) is 0 Å². The molecule has 1 heterocycles. The number of hydrogen-bond acceptors (Lipinski definition) is 2. The second-order valence-corrected chi connectivity index (χ2v) is 7.05. The van der Waals surface area contributed by atoms with Crippen LogP contribution >= 0.6 is 35.2 Å². The summed E-state index contributed by atoms with van der Waals surface area (Å²) in [6.07, 6.45) is 0. The molecule has 2 nitrogen and oxygen atoms in total. The van der Waals surface area contributed by atoms with E-state index in [2.05, 4.69) is 37.4 Å². The first-order valence-electron chi connectivity index (χ1n) is 6.28. The van der Waals surface area contributed by atoms with E-state index >= 15 is 0 Å². The smallest absolute Gasteiger partial charge is 0.173 e. The first kappa shape index (κ1) is 15.3. The number of hydrogen-bond donors (Lipinski definition) is 1. The van der Waals surface area contributed by atoms with Crippen LogP contribution in [0.25, 0.3) is 0 Å². The predicted octanol–water partition coefficient (Wildman–Crippen LogP) is 4.85. The van der Waals surface area contributed by atoms with Gasteiger partial charge in [-0.15, -0.1) is 11.3 Å². The minimum absolute atomic E-state index is 0.708. The Morgan fingerprint density at radius 1 is 1.25 bits per heavy atom. The third kappa shape index (κ3) is 4.20. The summed E-state index contributed by atoms with van der Waals surface area (Å²) in [5.74, 6) is 0. The van der Waals surface area contributed by atoms with Crippen molar-refractivity contribution < 1.29 is 0 Å². The van der Waals surface area contributed by atoms with Gasteiger partial charge in [0.25, 0.3) is 0 Å². The Morgan fingerprint density at radius 2 is 1.90 bits per heavy atom. The molecule has 2 aromatic rings. The van der Waals surface area contributed by atoms with Crippen molar-refractivity contribution in [1.29, 1.82) is 0 Å². The van der Waals surface area contributed by atoms with E-state index in [4.69, 9.17) is 23.8 Å². The van der Waals surface area contributed by atoms with Crippen molar-refractivity contribution in [2.45, 2.75) is 20.4 Å². The van der Waals surface area contributed by atoms with Gasteiger partial charge in [0.05, 0.1) is 10.9 Å². The number of halogens is 1. The molecule has 2 rings (SSSR count). The highest BCUT2D eigenvalue weighted by Gasteiger charge is 2.08. The quantitative estimate of drug-likeness (QED) is 0.813. The van der Waals surface area contributed by atoms with E-state index in [9.17, 15) is 0 Å². The van der Waals surface area contributed by atoms with Gasteiger partial charge in [0.15, 0.2) is 5.11 Å². The van der Waals surface area contributed by atoms with Crippen LogP contribution in [0.1, 0.15) is 16.0 Å². The Balaban J connectivity index is 2.00. The van der Waals surface area contributed by atoms with Gasteiger partial charge < -0.3 is 10.2 Å². The molecule has 0 aliphatic carbocycles. The standard InChI is InChI=1S/C15H17ClN2S2/c1-10-6-11(2)8-12(7-10)17-15(19)18(3)9-13-4-5-14(16)20-13/h4-8H,9H2,1-3H3,(H,17,19). The van der Waals surface area contributed by atoms with Crippen molar-refractivity contribution in [3.8, 4) is 0 Å². The van der Waals surface area contributed by atoms with Gasteiger partial charge in [-0.25, -0.2) is 0 Å². The van der Waals surface area contributed by atoms with Crippen LogP contribution in [0, 0.1) is 13.8 Å². The molecule has 0 aliphatic rings. The fourth-order valence-corrected chi connectivity index (χ4v) is 3.33. The molecule has 1 aromatic carbocycles. The maximum Gasteiger partial charge on any atom is 0.173 e. The van der Waals surface area contributed by atoms with Gasteiger partial charge in [-0.3, -0.25) is 0 Å². The number of benzene rings is 1. The third-order valence-electron chi connectivity index (χ3n) is 2.84. The zero-order chi connectivity index (χ0) is 14.7. The second kappa shape index (κ2) is 6.57. The van der Waals surface area contributed by atoms with Gasteiger partial charge in [-0.1, -0.05) is 17.7 Å². The Bertz CT molecular complexity index is 602. The number of nitrogens with one attached hydrogen (secondary N) is 1. The zero-order valence-electron chi connectivity index (χ0n) is 11.7. The first-order chi connectivity index (χ1) is 9.44. The maximum atomic E-state index is 5.94. The molecule has 0 aliphatic heterocycles. The maximum absolute atomic E-state index is 5.94. The minimum Gasteiger partial charge on any atom is -0.347 e. The van der Waals surface area contributed by atoms with Gasteiger partial charge in [0, 0.05) is 17.6 Å². The van der Waals surface area contributed by atoms with E-state index < -0.39 is 0 Å². The average molecular weight is 325 g/mol. The van der Waals surface area contributed by atoms with E-state index in [1.54, 1.807) is 11.3 Å². The topological polar surface area (TPSA) is 15.3 Å². The lowest BCUT2D eigenvalue weighted by Crippen LogP contribution is -2.30. The van der Waals surface area contributed by atoms with Crippen LogP contribution < -0.4 is 5.32 Å². The van der Waals surface area contributed by atoms with Crippen molar-refractivity contribution >= 4 is 46.0 Å². The summed E-state index contributed by atoms with van der Waals surface area (Å²) in [7, 11) is 1.98. The monoisotopic (exact) mass is 324 g/mol. The third-order valence-corrected chi connectivity index (χ3v) is 4.47. The number of rotatable bonds is 3. The van der Waals surface area contributed by atoms with E-state index in [0.717, 1.165) is 16.6 Å². The predicted molar refractivity (Wildman–Crippen MR) is 92.9 cm³/mol. The molecule has 0 saturated heterocycles. The fourth-order valence-electron chi connectivity index (χ4n) is 2.01. The van der Waals surface area contributed by atoms with E-state index in [-0.39, 0.29) is 0 Å². The van der Waals surface area contributed by atoms with Gasteiger partial charge in [-0.05, 0) is 61.5 Å². The number of anilines is 1. The van der Waals surface area contributed by atoms with Gasteiger partial charge >= 0.3 is 0 Å². The fraction of sp³-hybridized carbons (Fsp3) is 0.267. The molecule has 0 saturated carbocycles. The molecule has 0 radical (unpaired) electrons. The summed E-state index contributed by atoms with van der Waals surface area (Å²) in [5.41, 5.74) is 3.48. The molecule has 0 fully saturated rings. The highest BCUT2D eigenvalue weighted by molar-refractivity contribution is 7.80. The molecule has 0 spiro atoms. The molecule has 0 atom stereocenters. The van der Waals surface area contributed by atoms with Crippen molar-refractivity contribution in [2.75, 3.05) is 12.4 Å². The lowest BCUT2D eigenvalue weighted by Gasteiger charge is -2.20. The summed E-state index contributed by atoms with van der Waals surface area (Å²) in [5, 5.41) is 3.99. The summed E-state index contributed by atoms with van der Waals surface area (Å²) < 4.78 is 0.807. The molecule has 1 N–H and O–H groups in total. The SMILES string of the molecule is Cc1cc(C)cc(NC(=S)N(C)Cc2ccc(Cl)s2)c1. The minimum atomic E-state index is 0.708. The van der Waals surface area contributed by atoms with Crippen LogP contribution in [0.5, 0.6) is 0 Å². The van der Waals surface area contributed by atoms with Crippen LogP contribution in [0.2, 0.25) is 4.34 Å². The van der Waals surface area contributed by atoms with Gasteiger partial charge in [0.2, 0.25) is 0 Å². The molecule has 0 unspecified atom stereocenters. The molecule has 20 heavy (non-hydrogen) atoms. The summed E-state index contributed by atoms with van der Waals surface area (Å²) in [4.78, 5) is 3.21. The summed E-state index contributed by atoms with van der Waals surface area (Å²) in [6, 6.07) is 10.3. The van der Waals surface area contributed by atoms with Crippen LogP contribution in [0.15, 0.2) is 30.3 Å². The van der Waals surface area contributed by atoms with Crippen molar-refractivity contribution in [2.24, 2.45) is 0 Å². The van der Waals surface area contributed by atoms with Crippen LogP contribution in [0.4, 0.5) is 5.69 Å². The van der Waals surface area contributed by atoms with Crippen LogP contribution in [-0.4, -0.2) is 17.1 Å². The molecule has 1 aromatic heterocycles. The highest BCUT2D eigenvalue weighted by atomic mass is 35.5. The Labute approximate surface area is 134 Å². The molecule has 0 amide bonds. The summed E-state index contributed by atoms with van der Waals surface area (Å²) >= 11 is 13.0. The van der Waals surface area contributed by atoms with Gasteiger partial charge in [0.1, 0.15) is 0 Å². The first-order valence-corrected chi connectivity index (χ1v) is 7.89. The number of thiophene rings is 1. The summed E-state index contributed by atoms with van der Waals surface area (Å²) in [6.45, 7) is 4.92. The average Bonchev–Trinajstić information content (AvgIpc) is 2.73. The van der Waals surface area contributed by atoms with Crippen LogP contribution in [0.3, 0.4) is 0 Å². The Kier molecular flexibility index (Phi) is 5.02. The van der Waals surface area contributed by atoms with Crippen molar-refractivity contribution in [1.82, 2.24) is 4.90 Å². The lowest BCUT2D eigenvalue weighted by atomic mass is 10.1. The molecular formula is C15H17ClN2S2. The normalized spacial score (nSPS) is 10.4. The Morgan fingerprint density at radius 3 is 2.45 bits per heavy atom.